The highest BCUT2D eigenvalue weighted by molar-refractivity contribution is 6.46. The van der Waals surface area contributed by atoms with Gasteiger partial charge in [0.05, 0.1) is 17.7 Å². The van der Waals surface area contributed by atoms with Crippen LogP contribution in [0, 0.1) is 6.92 Å². The molecule has 2 aromatic carbocycles. The van der Waals surface area contributed by atoms with Crippen LogP contribution in [0.2, 0.25) is 0 Å². The number of aliphatic hydroxyl groups excluding tert-OH is 1. The lowest BCUT2D eigenvalue weighted by molar-refractivity contribution is -0.140. The lowest BCUT2D eigenvalue weighted by atomic mass is 9.94. The summed E-state index contributed by atoms with van der Waals surface area (Å²) in [5.74, 6) is -1.37. The highest BCUT2D eigenvalue weighted by Crippen LogP contribution is 2.40. The lowest BCUT2D eigenvalue weighted by Gasteiger charge is -2.28. The predicted molar refractivity (Wildman–Crippen MR) is 129 cm³/mol. The van der Waals surface area contributed by atoms with E-state index in [1.807, 2.05) is 43.3 Å². The summed E-state index contributed by atoms with van der Waals surface area (Å²) in [6.07, 6.45) is 1.70. The average Bonchev–Trinajstić information content (AvgIpc) is 3.43. The summed E-state index contributed by atoms with van der Waals surface area (Å²) in [5, 5.41) is 11.2. The van der Waals surface area contributed by atoms with Crippen molar-refractivity contribution >= 4 is 23.1 Å². The third-order valence-electron chi connectivity index (χ3n) is 6.63. The molecule has 33 heavy (non-hydrogen) atoms. The second-order valence-electron chi connectivity index (χ2n) is 8.72. The summed E-state index contributed by atoms with van der Waals surface area (Å²) in [6, 6.07) is 14.6. The zero-order chi connectivity index (χ0) is 23.5. The van der Waals surface area contributed by atoms with E-state index in [2.05, 4.69) is 18.7 Å². The fraction of sp³-hybridized carbons (Fsp3) is 0.407. The number of benzene rings is 2. The number of anilines is 1. The van der Waals surface area contributed by atoms with Crippen molar-refractivity contribution in [2.24, 2.45) is 0 Å². The maximum Gasteiger partial charge on any atom is 0.295 e. The second-order valence-corrected chi connectivity index (χ2v) is 8.72. The molecular formula is C27H32N2O4. The molecule has 1 amide bonds. The minimum absolute atomic E-state index is 0.0972. The molecule has 2 aliphatic rings. The van der Waals surface area contributed by atoms with Crippen LogP contribution in [0.15, 0.2) is 54.1 Å². The molecule has 174 valence electrons. The van der Waals surface area contributed by atoms with Gasteiger partial charge in [0.15, 0.2) is 0 Å². The molecule has 1 N–H and O–H groups in total. The van der Waals surface area contributed by atoms with E-state index in [4.69, 9.17) is 4.74 Å². The van der Waals surface area contributed by atoms with Crippen molar-refractivity contribution in [1.29, 1.82) is 0 Å². The summed E-state index contributed by atoms with van der Waals surface area (Å²) in [5.41, 5.74) is 3.60. The number of ketones is 1. The number of carbonyl (C=O) groups excluding carboxylic acids is 2. The number of amides is 1. The van der Waals surface area contributed by atoms with E-state index >= 15 is 0 Å². The van der Waals surface area contributed by atoms with Crippen LogP contribution in [-0.4, -0.2) is 54.0 Å². The Bertz CT molecular complexity index is 1030. The number of hydrogen-bond acceptors (Lipinski definition) is 5. The number of likely N-dealkylation sites (tertiary alicyclic amines) is 1. The summed E-state index contributed by atoms with van der Waals surface area (Å²) in [4.78, 5) is 30.1. The summed E-state index contributed by atoms with van der Waals surface area (Å²) < 4.78 is 5.77. The van der Waals surface area contributed by atoms with Crippen LogP contribution in [0.1, 0.15) is 49.4 Å². The smallest absolute Gasteiger partial charge is 0.295 e. The first-order valence-corrected chi connectivity index (χ1v) is 11.8. The molecule has 0 saturated carbocycles. The quantitative estimate of drug-likeness (QED) is 0.385. The Morgan fingerprint density at radius 3 is 2.30 bits per heavy atom. The van der Waals surface area contributed by atoms with Gasteiger partial charge in [-0.25, -0.2) is 0 Å². The number of aryl methyl sites for hydroxylation is 1. The Kier molecular flexibility index (Phi) is 6.84. The summed E-state index contributed by atoms with van der Waals surface area (Å²) in [6.45, 7) is 8.95. The van der Waals surface area contributed by atoms with Crippen molar-refractivity contribution in [2.45, 2.75) is 45.8 Å². The third-order valence-corrected chi connectivity index (χ3v) is 6.63. The van der Waals surface area contributed by atoms with Gasteiger partial charge in [0.2, 0.25) is 0 Å². The Labute approximate surface area is 195 Å². The standard InChI is InChI=1S/C27H32N2O4/c1-4-28(5-2)21-14-12-19(13-15-21)24-23(25(30)20-10-8-18(3)9-11-20)26(31)27(32)29(24)17-22-7-6-16-33-22/h8-15,22,24,30H,4-7,16-17H2,1-3H3/t22-,24-/m0/s1. The maximum absolute atomic E-state index is 13.2. The first-order valence-electron chi connectivity index (χ1n) is 11.8. The van der Waals surface area contributed by atoms with Crippen molar-refractivity contribution in [3.8, 4) is 0 Å². The van der Waals surface area contributed by atoms with Gasteiger partial charge in [-0.05, 0) is 51.3 Å². The monoisotopic (exact) mass is 448 g/mol. The van der Waals surface area contributed by atoms with E-state index in [0.717, 1.165) is 42.7 Å². The largest absolute Gasteiger partial charge is 0.507 e. The molecule has 0 radical (unpaired) electrons. The number of rotatable bonds is 7. The topological polar surface area (TPSA) is 70.1 Å². The molecule has 0 bridgehead atoms. The van der Waals surface area contributed by atoms with E-state index in [-0.39, 0.29) is 17.4 Å². The molecule has 2 heterocycles. The fourth-order valence-electron chi connectivity index (χ4n) is 4.75. The van der Waals surface area contributed by atoms with Gasteiger partial charge < -0.3 is 19.6 Å². The van der Waals surface area contributed by atoms with Gasteiger partial charge in [0.25, 0.3) is 11.7 Å². The van der Waals surface area contributed by atoms with Crippen molar-refractivity contribution in [3.63, 3.8) is 0 Å². The minimum Gasteiger partial charge on any atom is -0.507 e. The molecule has 0 unspecified atom stereocenters. The predicted octanol–water partition coefficient (Wildman–Crippen LogP) is 4.44. The number of carbonyl (C=O) groups is 2. The molecular weight excluding hydrogens is 416 g/mol. The zero-order valence-electron chi connectivity index (χ0n) is 19.6. The van der Waals surface area contributed by atoms with Gasteiger partial charge in [0.1, 0.15) is 5.76 Å². The molecule has 0 aliphatic carbocycles. The van der Waals surface area contributed by atoms with Gasteiger partial charge in [-0.1, -0.05) is 42.0 Å². The number of aliphatic hydroxyl groups is 1. The molecule has 0 spiro atoms. The average molecular weight is 449 g/mol. The van der Waals surface area contributed by atoms with Crippen LogP contribution >= 0.6 is 0 Å². The molecule has 4 rings (SSSR count). The van der Waals surface area contributed by atoms with Crippen LogP contribution in [0.5, 0.6) is 0 Å². The first-order chi connectivity index (χ1) is 15.9. The molecule has 2 saturated heterocycles. The number of ether oxygens (including phenoxy) is 1. The highest BCUT2D eigenvalue weighted by Gasteiger charge is 2.47. The van der Waals surface area contributed by atoms with Gasteiger partial charge in [-0.15, -0.1) is 0 Å². The summed E-state index contributed by atoms with van der Waals surface area (Å²) >= 11 is 0. The normalized spacial score (nSPS) is 22.2. The SMILES string of the molecule is CCN(CC)c1ccc([C@H]2C(=C(O)c3ccc(C)cc3)C(=O)C(=O)N2C[C@@H]2CCCO2)cc1. The number of nitrogens with zero attached hydrogens (tertiary/aromatic N) is 2. The number of Topliss-reactive ketones (excluding diaryl/α,β-unsaturated/α-hetero) is 1. The Morgan fingerprint density at radius 1 is 1.06 bits per heavy atom. The van der Waals surface area contributed by atoms with E-state index in [1.54, 1.807) is 17.0 Å². The van der Waals surface area contributed by atoms with Crippen molar-refractivity contribution in [3.05, 3.63) is 70.8 Å². The first kappa shape index (κ1) is 23.1. The van der Waals surface area contributed by atoms with Crippen molar-refractivity contribution in [2.75, 3.05) is 31.1 Å². The summed E-state index contributed by atoms with van der Waals surface area (Å²) in [7, 11) is 0. The Hall–Kier alpha value is -3.12. The zero-order valence-corrected chi connectivity index (χ0v) is 19.6. The molecule has 2 atom stereocenters. The fourth-order valence-corrected chi connectivity index (χ4v) is 4.75. The van der Waals surface area contributed by atoms with E-state index in [0.29, 0.717) is 18.7 Å². The van der Waals surface area contributed by atoms with Crippen molar-refractivity contribution in [1.82, 2.24) is 4.90 Å². The second kappa shape index (κ2) is 9.79. The van der Waals surface area contributed by atoms with E-state index in [9.17, 15) is 14.7 Å². The Morgan fingerprint density at radius 2 is 1.73 bits per heavy atom. The van der Waals surface area contributed by atoms with Gasteiger partial charge in [-0.3, -0.25) is 9.59 Å². The van der Waals surface area contributed by atoms with Crippen LogP contribution in [0.4, 0.5) is 5.69 Å². The van der Waals surface area contributed by atoms with E-state index in [1.165, 1.54) is 0 Å². The molecule has 2 aromatic rings. The molecule has 6 nitrogen and oxygen atoms in total. The lowest BCUT2D eigenvalue weighted by Crippen LogP contribution is -2.36. The van der Waals surface area contributed by atoms with Crippen LogP contribution < -0.4 is 4.90 Å². The third kappa shape index (κ3) is 4.53. The van der Waals surface area contributed by atoms with Gasteiger partial charge >= 0.3 is 0 Å². The Balaban J connectivity index is 1.78. The van der Waals surface area contributed by atoms with Gasteiger partial charge in [-0.2, -0.15) is 0 Å². The van der Waals surface area contributed by atoms with Crippen LogP contribution in [0.3, 0.4) is 0 Å². The molecule has 0 aromatic heterocycles. The van der Waals surface area contributed by atoms with Crippen molar-refractivity contribution < 1.29 is 19.4 Å². The van der Waals surface area contributed by atoms with Crippen LogP contribution in [0.25, 0.3) is 5.76 Å². The maximum atomic E-state index is 13.2. The number of hydrogen-bond donors (Lipinski definition) is 1. The minimum atomic E-state index is -0.652. The molecule has 2 aliphatic heterocycles. The highest BCUT2D eigenvalue weighted by atomic mass is 16.5. The van der Waals surface area contributed by atoms with Crippen LogP contribution in [-0.2, 0) is 14.3 Å². The molecule has 6 heteroatoms. The van der Waals surface area contributed by atoms with E-state index < -0.39 is 17.7 Å². The van der Waals surface area contributed by atoms with Gasteiger partial charge in [0, 0.05) is 37.5 Å². The molecule has 2 fully saturated rings.